The molecule has 0 saturated carbocycles. The van der Waals surface area contributed by atoms with Crippen LogP contribution in [0.25, 0.3) is 0 Å². The molecule has 0 aliphatic heterocycles. The molecule has 0 rings (SSSR count). The third-order valence-electron chi connectivity index (χ3n) is 1.12. The number of nitrogens with two attached hydrogens (primary N) is 1. The van der Waals surface area contributed by atoms with Crippen molar-refractivity contribution in [2.24, 2.45) is 10.7 Å². The number of hydrogen-bond donors (Lipinski definition) is 2. The molecule has 13 heavy (non-hydrogen) atoms. The molecule has 0 aliphatic rings. The summed E-state index contributed by atoms with van der Waals surface area (Å²) in [5.41, 5.74) is 5.22. The van der Waals surface area contributed by atoms with Gasteiger partial charge in [-0.05, 0) is 6.42 Å². The maximum atomic E-state index is 11.0. The van der Waals surface area contributed by atoms with Crippen LogP contribution in [-0.2, 0) is 9.53 Å². The average Bonchev–Trinajstić information content (AvgIpc) is 2.12. The highest BCUT2D eigenvalue weighted by Crippen LogP contribution is 1.83. The van der Waals surface area contributed by atoms with Gasteiger partial charge in [-0.15, -0.1) is 6.58 Å². The molecular weight excluding hydrogens is 170 g/mol. The van der Waals surface area contributed by atoms with Crippen molar-refractivity contribution in [2.45, 2.75) is 6.42 Å². The standard InChI is InChI=1S/C8H15N3O2/c1-3-4-5-13-7(12)6-11-8(9)10-2/h3H,1,4-6H2,2H3,(H3,9,10,11)/i2D3. The van der Waals surface area contributed by atoms with Crippen molar-refractivity contribution in [1.82, 2.24) is 5.32 Å². The number of nitrogens with zero attached hydrogens (tertiary/aromatic N) is 1. The van der Waals surface area contributed by atoms with Crippen molar-refractivity contribution >= 4 is 11.9 Å². The van der Waals surface area contributed by atoms with Crippen molar-refractivity contribution < 1.29 is 13.6 Å². The van der Waals surface area contributed by atoms with E-state index in [1.165, 1.54) is 0 Å². The number of hydrogen-bond acceptors (Lipinski definition) is 3. The number of ether oxygens (including phenoxy) is 1. The Kier molecular flexibility index (Phi) is 3.81. The van der Waals surface area contributed by atoms with Gasteiger partial charge in [-0.1, -0.05) is 6.08 Å². The molecule has 0 spiro atoms. The van der Waals surface area contributed by atoms with E-state index in [1.807, 2.05) is 0 Å². The zero-order valence-corrected chi connectivity index (χ0v) is 7.25. The van der Waals surface area contributed by atoms with Gasteiger partial charge in [0.05, 0.1) is 6.61 Å². The Morgan fingerprint density at radius 2 is 2.69 bits per heavy atom. The molecule has 0 heterocycles. The monoisotopic (exact) mass is 188 g/mol. The minimum absolute atomic E-state index is 0.220. The van der Waals surface area contributed by atoms with Crippen LogP contribution >= 0.6 is 0 Å². The molecule has 0 aromatic carbocycles. The number of guanidine groups is 1. The zero-order valence-electron chi connectivity index (χ0n) is 10.2. The number of carbonyl (C=O) groups is 1. The van der Waals surface area contributed by atoms with E-state index >= 15 is 0 Å². The Balaban J connectivity index is 3.83. The van der Waals surface area contributed by atoms with Gasteiger partial charge in [0.1, 0.15) is 6.54 Å². The van der Waals surface area contributed by atoms with Crippen LogP contribution in [0.3, 0.4) is 0 Å². The molecule has 0 unspecified atom stereocenters. The summed E-state index contributed by atoms with van der Waals surface area (Å²) >= 11 is 0. The normalized spacial score (nSPS) is 15.1. The van der Waals surface area contributed by atoms with Gasteiger partial charge in [-0.25, -0.2) is 0 Å². The van der Waals surface area contributed by atoms with Crippen molar-refractivity contribution in [1.29, 1.82) is 0 Å². The van der Waals surface area contributed by atoms with Gasteiger partial charge < -0.3 is 15.8 Å². The summed E-state index contributed by atoms with van der Waals surface area (Å²) < 4.78 is 25.1. The van der Waals surface area contributed by atoms with Crippen LogP contribution in [0.15, 0.2) is 17.6 Å². The first kappa shape index (κ1) is 6.94. The second-order valence-corrected chi connectivity index (χ2v) is 2.15. The first-order valence-electron chi connectivity index (χ1n) is 5.21. The SMILES string of the molecule is [2H]C([2H])([2H])N=C(N)NCC(=O)OCCC=C. The van der Waals surface area contributed by atoms with Crippen LogP contribution in [-0.4, -0.2) is 32.1 Å². The van der Waals surface area contributed by atoms with E-state index in [-0.39, 0.29) is 19.1 Å². The van der Waals surface area contributed by atoms with E-state index < -0.39 is 12.9 Å². The van der Waals surface area contributed by atoms with Gasteiger partial charge in [0.15, 0.2) is 5.96 Å². The quantitative estimate of drug-likeness (QED) is 0.203. The van der Waals surface area contributed by atoms with Crippen LogP contribution in [0.4, 0.5) is 0 Å². The lowest BCUT2D eigenvalue weighted by Gasteiger charge is -2.04. The third kappa shape index (κ3) is 6.86. The Morgan fingerprint density at radius 3 is 3.31 bits per heavy atom. The first-order valence-corrected chi connectivity index (χ1v) is 3.71. The minimum atomic E-state index is -2.51. The predicted octanol–water partition coefficient (Wildman–Crippen LogP) is -0.360. The number of carbonyl (C=O) groups excluding carboxylic acids is 1. The Labute approximate surface area is 81.9 Å². The Hall–Kier alpha value is -1.52. The van der Waals surface area contributed by atoms with Crippen molar-refractivity contribution in [3.8, 4) is 0 Å². The molecule has 3 N–H and O–H groups in total. The van der Waals surface area contributed by atoms with Crippen molar-refractivity contribution in [3.63, 3.8) is 0 Å². The Morgan fingerprint density at radius 1 is 1.92 bits per heavy atom. The van der Waals surface area contributed by atoms with E-state index in [2.05, 4.69) is 16.9 Å². The maximum Gasteiger partial charge on any atom is 0.325 e. The van der Waals surface area contributed by atoms with Crippen LogP contribution in [0.2, 0.25) is 0 Å². The van der Waals surface area contributed by atoms with Crippen LogP contribution in [0, 0.1) is 0 Å². The first-order chi connectivity index (χ1) is 7.35. The molecule has 0 aliphatic carbocycles. The van der Waals surface area contributed by atoms with Gasteiger partial charge >= 0.3 is 5.97 Å². The van der Waals surface area contributed by atoms with Gasteiger partial charge in [0.2, 0.25) is 0 Å². The van der Waals surface area contributed by atoms with Gasteiger partial charge in [-0.2, -0.15) is 0 Å². The van der Waals surface area contributed by atoms with E-state index in [9.17, 15) is 4.79 Å². The maximum absolute atomic E-state index is 11.0. The van der Waals surface area contributed by atoms with E-state index in [4.69, 9.17) is 14.6 Å². The molecule has 0 radical (unpaired) electrons. The van der Waals surface area contributed by atoms with Crippen molar-refractivity contribution in [3.05, 3.63) is 12.7 Å². The smallest absolute Gasteiger partial charge is 0.325 e. The van der Waals surface area contributed by atoms with E-state index in [1.54, 1.807) is 6.08 Å². The molecule has 5 heteroatoms. The molecule has 0 atom stereocenters. The molecule has 0 fully saturated rings. The molecule has 0 aromatic heterocycles. The lowest BCUT2D eigenvalue weighted by atomic mass is 10.4. The number of nitrogens with one attached hydrogen (secondary N) is 1. The second kappa shape index (κ2) is 7.15. The summed E-state index contributed by atoms with van der Waals surface area (Å²) in [6.45, 7) is 0.970. The summed E-state index contributed by atoms with van der Waals surface area (Å²) in [7, 11) is 0. The fraction of sp³-hybridized carbons (Fsp3) is 0.500. The summed E-state index contributed by atoms with van der Waals surface area (Å²) in [6.07, 6.45) is 2.18. The predicted molar refractivity (Wildman–Crippen MR) is 51.3 cm³/mol. The van der Waals surface area contributed by atoms with Gasteiger partial charge in [0, 0.05) is 11.1 Å². The number of aliphatic imine (C=N–C) groups is 1. The van der Waals surface area contributed by atoms with E-state index in [0.29, 0.717) is 6.42 Å². The number of esters is 1. The van der Waals surface area contributed by atoms with Gasteiger partial charge in [0.25, 0.3) is 0 Å². The molecule has 74 valence electrons. The summed E-state index contributed by atoms with van der Waals surface area (Å²) in [4.78, 5) is 14.2. The summed E-state index contributed by atoms with van der Waals surface area (Å²) in [5, 5.41) is 2.33. The zero-order chi connectivity index (χ0) is 12.6. The second-order valence-electron chi connectivity index (χ2n) is 2.15. The molecule has 0 amide bonds. The minimum Gasteiger partial charge on any atom is -0.464 e. The fourth-order valence-corrected chi connectivity index (χ4v) is 0.509. The molecule has 5 nitrogen and oxygen atoms in total. The highest BCUT2D eigenvalue weighted by Gasteiger charge is 2.00. The largest absolute Gasteiger partial charge is 0.464 e. The Bertz CT molecular complexity index is 276. The van der Waals surface area contributed by atoms with Gasteiger partial charge in [-0.3, -0.25) is 9.79 Å². The fourth-order valence-electron chi connectivity index (χ4n) is 0.509. The summed E-state index contributed by atoms with van der Waals surface area (Å²) in [5.74, 6) is -0.855. The topological polar surface area (TPSA) is 76.7 Å². The molecular formula is C8H15N3O2. The van der Waals surface area contributed by atoms with Crippen LogP contribution in [0.1, 0.15) is 10.5 Å². The van der Waals surface area contributed by atoms with Crippen molar-refractivity contribution in [2.75, 3.05) is 20.1 Å². The average molecular weight is 188 g/mol. The number of rotatable bonds is 5. The highest BCUT2D eigenvalue weighted by atomic mass is 16.5. The lowest BCUT2D eigenvalue weighted by molar-refractivity contribution is -0.142. The van der Waals surface area contributed by atoms with Crippen LogP contribution < -0.4 is 11.1 Å². The summed E-state index contributed by atoms with van der Waals surface area (Å²) in [6, 6.07) is 0. The molecule has 0 bridgehead atoms. The molecule has 0 aromatic rings. The third-order valence-corrected chi connectivity index (χ3v) is 1.12. The van der Waals surface area contributed by atoms with Crippen LogP contribution in [0.5, 0.6) is 0 Å². The lowest BCUT2D eigenvalue weighted by Crippen LogP contribution is -2.36. The highest BCUT2D eigenvalue weighted by molar-refractivity contribution is 5.82. The van der Waals surface area contributed by atoms with E-state index in [0.717, 1.165) is 0 Å². The molecule has 0 saturated heterocycles.